The summed E-state index contributed by atoms with van der Waals surface area (Å²) in [5.74, 6) is 0.248. The van der Waals surface area contributed by atoms with Gasteiger partial charge in [0.05, 0.1) is 0 Å². The Hall–Kier alpha value is -2.34. The van der Waals surface area contributed by atoms with E-state index in [2.05, 4.69) is 10.5 Å². The van der Waals surface area contributed by atoms with E-state index in [0.717, 1.165) is 16.5 Å². The van der Waals surface area contributed by atoms with Crippen LogP contribution in [-0.2, 0) is 16.2 Å². The van der Waals surface area contributed by atoms with Gasteiger partial charge < -0.3 is 15.1 Å². The Morgan fingerprint density at radius 2 is 2.37 bits per heavy atom. The number of hydrogen-bond donors (Lipinski definition) is 2. The van der Waals surface area contributed by atoms with Crippen molar-refractivity contribution in [2.75, 3.05) is 0 Å². The van der Waals surface area contributed by atoms with Crippen LogP contribution in [0.3, 0.4) is 0 Å². The molecule has 19 heavy (non-hydrogen) atoms. The van der Waals surface area contributed by atoms with E-state index < -0.39 is 0 Å². The molecule has 6 heteroatoms. The van der Waals surface area contributed by atoms with Crippen LogP contribution in [0.4, 0.5) is 0 Å². The fraction of sp³-hybridized carbons (Fsp3) is 0.231. The number of nitrogens with one attached hydrogen (secondary N) is 1. The highest BCUT2D eigenvalue weighted by Crippen LogP contribution is 2.28. The first-order chi connectivity index (χ1) is 9.15. The molecular weight excluding hydrogens is 244 g/mol. The van der Waals surface area contributed by atoms with Crippen LogP contribution in [0.5, 0.6) is 0 Å². The normalized spacial score (nSPS) is 18.4. The number of aliphatic imine (C=N–C) groups is 1. The van der Waals surface area contributed by atoms with E-state index in [4.69, 9.17) is 10.6 Å². The summed E-state index contributed by atoms with van der Waals surface area (Å²) in [7, 11) is 0. The standard InChI is InChI=1S/C13H14N4O2/c1-8-15-13(16-19-8)10-3-2-4-11-9(10)5-6-17(11)7-12(14)18/h2-6,13,16H,7H2,1H3,(H2,14,18). The maximum absolute atomic E-state index is 11.0. The van der Waals surface area contributed by atoms with Crippen molar-refractivity contribution >= 4 is 22.7 Å². The average molecular weight is 258 g/mol. The molecule has 1 amide bonds. The average Bonchev–Trinajstić information content (AvgIpc) is 2.96. The summed E-state index contributed by atoms with van der Waals surface area (Å²) >= 11 is 0. The quantitative estimate of drug-likeness (QED) is 0.864. The van der Waals surface area contributed by atoms with Gasteiger partial charge in [-0.15, -0.1) is 5.48 Å². The van der Waals surface area contributed by atoms with E-state index in [1.54, 1.807) is 6.92 Å². The topological polar surface area (TPSA) is 81.6 Å². The first-order valence-corrected chi connectivity index (χ1v) is 5.98. The van der Waals surface area contributed by atoms with Gasteiger partial charge in [-0.05, 0) is 12.1 Å². The second kappa shape index (κ2) is 4.40. The Labute approximate surface area is 109 Å². The molecule has 0 radical (unpaired) electrons. The van der Waals surface area contributed by atoms with Crippen molar-refractivity contribution in [2.45, 2.75) is 19.6 Å². The van der Waals surface area contributed by atoms with Gasteiger partial charge in [-0.25, -0.2) is 4.99 Å². The summed E-state index contributed by atoms with van der Waals surface area (Å²) in [5, 5.41) is 1.03. The maximum atomic E-state index is 11.0. The fourth-order valence-electron chi connectivity index (χ4n) is 2.30. The zero-order valence-corrected chi connectivity index (χ0v) is 10.5. The number of nitrogens with zero attached hydrogens (tertiary/aromatic N) is 2. The van der Waals surface area contributed by atoms with Crippen LogP contribution in [0.1, 0.15) is 18.7 Å². The van der Waals surface area contributed by atoms with Crippen molar-refractivity contribution < 1.29 is 9.63 Å². The summed E-state index contributed by atoms with van der Waals surface area (Å²) in [4.78, 5) is 20.6. The largest absolute Gasteiger partial charge is 0.391 e. The molecule has 1 atom stereocenters. The smallest absolute Gasteiger partial charge is 0.237 e. The number of hydrogen-bond acceptors (Lipinski definition) is 4. The molecule has 0 aliphatic carbocycles. The Bertz CT molecular complexity index is 674. The van der Waals surface area contributed by atoms with Crippen LogP contribution in [0.25, 0.3) is 10.9 Å². The molecule has 98 valence electrons. The van der Waals surface area contributed by atoms with Gasteiger partial charge in [-0.2, -0.15) is 0 Å². The molecule has 0 spiro atoms. The predicted octanol–water partition coefficient (Wildman–Crippen LogP) is 1.08. The lowest BCUT2D eigenvalue weighted by molar-refractivity contribution is -0.118. The molecule has 1 aromatic carbocycles. The van der Waals surface area contributed by atoms with Crippen molar-refractivity contribution in [1.82, 2.24) is 10.0 Å². The third-order valence-electron chi connectivity index (χ3n) is 3.10. The molecule has 1 aromatic heterocycles. The van der Waals surface area contributed by atoms with Gasteiger partial charge in [0.25, 0.3) is 0 Å². The molecular formula is C13H14N4O2. The number of hydroxylamine groups is 1. The van der Waals surface area contributed by atoms with Crippen molar-refractivity contribution in [3.05, 3.63) is 36.0 Å². The number of nitrogens with two attached hydrogens (primary N) is 1. The van der Waals surface area contributed by atoms with Gasteiger partial charge >= 0.3 is 0 Å². The molecule has 2 aromatic rings. The Morgan fingerprint density at radius 1 is 1.53 bits per heavy atom. The van der Waals surface area contributed by atoms with Gasteiger partial charge in [0.2, 0.25) is 11.8 Å². The Balaban J connectivity index is 2.07. The van der Waals surface area contributed by atoms with E-state index in [9.17, 15) is 4.79 Å². The predicted molar refractivity (Wildman–Crippen MR) is 71.2 cm³/mol. The number of amides is 1. The van der Waals surface area contributed by atoms with E-state index in [0.29, 0.717) is 5.90 Å². The van der Waals surface area contributed by atoms with Gasteiger partial charge in [0, 0.05) is 29.6 Å². The summed E-state index contributed by atoms with van der Waals surface area (Å²) in [6, 6.07) is 7.83. The maximum Gasteiger partial charge on any atom is 0.237 e. The van der Waals surface area contributed by atoms with Crippen LogP contribution in [-0.4, -0.2) is 16.4 Å². The summed E-state index contributed by atoms with van der Waals surface area (Å²) in [5.41, 5.74) is 10.1. The van der Waals surface area contributed by atoms with E-state index >= 15 is 0 Å². The van der Waals surface area contributed by atoms with Gasteiger partial charge in [-0.3, -0.25) is 4.79 Å². The van der Waals surface area contributed by atoms with Gasteiger partial charge in [0.1, 0.15) is 6.54 Å². The van der Waals surface area contributed by atoms with Crippen molar-refractivity contribution in [1.29, 1.82) is 0 Å². The summed E-state index contributed by atoms with van der Waals surface area (Å²) in [6.45, 7) is 1.97. The molecule has 3 N–H and O–H groups in total. The molecule has 1 aliphatic rings. The Morgan fingerprint density at radius 3 is 3.05 bits per heavy atom. The molecule has 3 rings (SSSR count). The number of carbonyl (C=O) groups excluding carboxylic acids is 1. The molecule has 0 fully saturated rings. The second-order valence-electron chi connectivity index (χ2n) is 4.46. The highest BCUT2D eigenvalue weighted by Gasteiger charge is 2.20. The fourth-order valence-corrected chi connectivity index (χ4v) is 2.30. The first-order valence-electron chi connectivity index (χ1n) is 5.98. The number of fused-ring (bicyclic) bond motifs is 1. The molecule has 1 unspecified atom stereocenters. The summed E-state index contributed by atoms with van der Waals surface area (Å²) in [6.07, 6.45) is 1.64. The van der Waals surface area contributed by atoms with Crippen LogP contribution < -0.4 is 11.2 Å². The molecule has 2 heterocycles. The van der Waals surface area contributed by atoms with Crippen molar-refractivity contribution in [2.24, 2.45) is 10.7 Å². The zero-order valence-electron chi connectivity index (χ0n) is 10.5. The summed E-state index contributed by atoms with van der Waals surface area (Å²) < 4.78 is 1.83. The first kappa shape index (κ1) is 11.7. The minimum absolute atomic E-state index is 0.170. The van der Waals surface area contributed by atoms with Gasteiger partial charge in [0.15, 0.2) is 6.17 Å². The lowest BCUT2D eigenvalue weighted by Gasteiger charge is -2.09. The Kier molecular flexibility index (Phi) is 2.72. The molecule has 1 aliphatic heterocycles. The van der Waals surface area contributed by atoms with Crippen molar-refractivity contribution in [3.8, 4) is 0 Å². The number of primary amides is 1. The number of rotatable bonds is 3. The zero-order chi connectivity index (χ0) is 13.4. The van der Waals surface area contributed by atoms with E-state index in [-0.39, 0.29) is 18.6 Å². The molecule has 0 saturated heterocycles. The minimum Gasteiger partial charge on any atom is -0.391 e. The van der Waals surface area contributed by atoms with Crippen LogP contribution in [0, 0.1) is 0 Å². The SMILES string of the molecule is CC1=NC(c2cccc3c2ccn3CC(N)=O)NO1. The molecule has 0 bridgehead atoms. The van der Waals surface area contributed by atoms with Crippen LogP contribution in [0.2, 0.25) is 0 Å². The number of carbonyl (C=O) groups is 1. The lowest BCUT2D eigenvalue weighted by Crippen LogP contribution is -2.18. The lowest BCUT2D eigenvalue weighted by atomic mass is 10.1. The highest BCUT2D eigenvalue weighted by atomic mass is 16.7. The van der Waals surface area contributed by atoms with Crippen molar-refractivity contribution in [3.63, 3.8) is 0 Å². The van der Waals surface area contributed by atoms with Crippen LogP contribution >= 0.6 is 0 Å². The third-order valence-corrected chi connectivity index (χ3v) is 3.10. The van der Waals surface area contributed by atoms with E-state index in [1.807, 2.05) is 35.0 Å². The van der Waals surface area contributed by atoms with Gasteiger partial charge in [-0.1, -0.05) is 12.1 Å². The molecule has 6 nitrogen and oxygen atoms in total. The highest BCUT2D eigenvalue weighted by molar-refractivity contribution is 5.86. The number of aromatic nitrogens is 1. The monoisotopic (exact) mass is 258 g/mol. The number of benzene rings is 1. The van der Waals surface area contributed by atoms with Crippen LogP contribution in [0.15, 0.2) is 35.5 Å². The molecule has 0 saturated carbocycles. The minimum atomic E-state index is -0.362. The second-order valence-corrected chi connectivity index (χ2v) is 4.46. The third kappa shape index (κ3) is 2.06. The van der Waals surface area contributed by atoms with E-state index in [1.165, 1.54) is 0 Å².